The van der Waals surface area contributed by atoms with Gasteiger partial charge in [-0.2, -0.15) is 0 Å². The monoisotopic (exact) mass is 598 g/mol. The SMILES string of the molecule is Cc1c(NCCc2ccc(OC(F)(F)F)cc2)ncnc1C(=O)N1CCC(N2CCC(N(C)S(C)(=O)=O)CC2)CC1. The summed E-state index contributed by atoms with van der Waals surface area (Å²) in [5.74, 6) is 0.132. The molecule has 2 aromatic rings. The van der Waals surface area contributed by atoms with Crippen LogP contribution in [0.4, 0.5) is 19.0 Å². The second kappa shape index (κ2) is 12.9. The molecule has 1 aromatic carbocycles. The zero-order valence-electron chi connectivity index (χ0n) is 23.5. The summed E-state index contributed by atoms with van der Waals surface area (Å²) in [7, 11) is -1.55. The van der Waals surface area contributed by atoms with Gasteiger partial charge in [0.1, 0.15) is 23.6 Å². The van der Waals surface area contributed by atoms with E-state index in [1.54, 1.807) is 26.1 Å². The summed E-state index contributed by atoms with van der Waals surface area (Å²) in [6, 6.07) is 6.09. The van der Waals surface area contributed by atoms with Crippen molar-refractivity contribution in [1.29, 1.82) is 0 Å². The predicted octanol–water partition coefficient (Wildman–Crippen LogP) is 3.30. The van der Waals surface area contributed by atoms with Gasteiger partial charge in [-0.15, -0.1) is 13.2 Å². The van der Waals surface area contributed by atoms with Gasteiger partial charge in [-0.25, -0.2) is 22.7 Å². The van der Waals surface area contributed by atoms with E-state index >= 15 is 0 Å². The number of anilines is 1. The molecule has 1 aromatic heterocycles. The van der Waals surface area contributed by atoms with Crippen molar-refractivity contribution in [2.75, 3.05) is 51.3 Å². The van der Waals surface area contributed by atoms with Crippen LogP contribution in [0, 0.1) is 6.92 Å². The van der Waals surface area contributed by atoms with E-state index in [0.717, 1.165) is 44.3 Å². The number of benzene rings is 1. The number of piperidine rings is 2. The topological polar surface area (TPSA) is 108 Å². The van der Waals surface area contributed by atoms with Crippen LogP contribution in [0.5, 0.6) is 5.75 Å². The summed E-state index contributed by atoms with van der Waals surface area (Å²) in [5.41, 5.74) is 1.81. The van der Waals surface area contributed by atoms with Gasteiger partial charge < -0.3 is 19.9 Å². The Balaban J connectivity index is 1.26. The van der Waals surface area contributed by atoms with Gasteiger partial charge in [0.15, 0.2) is 0 Å². The number of hydrogen-bond donors (Lipinski definition) is 1. The fraction of sp³-hybridized carbons (Fsp3) is 0.593. The normalized spacial score (nSPS) is 18.1. The first-order chi connectivity index (χ1) is 19.3. The minimum Gasteiger partial charge on any atom is -0.406 e. The lowest BCUT2D eigenvalue weighted by Crippen LogP contribution is -2.52. The van der Waals surface area contributed by atoms with Gasteiger partial charge in [-0.1, -0.05) is 12.1 Å². The average Bonchev–Trinajstić information content (AvgIpc) is 2.93. The summed E-state index contributed by atoms with van der Waals surface area (Å²) >= 11 is 0. The lowest BCUT2D eigenvalue weighted by molar-refractivity contribution is -0.274. The fourth-order valence-corrected chi connectivity index (χ4v) is 6.25. The van der Waals surface area contributed by atoms with Crippen LogP contribution in [0.2, 0.25) is 0 Å². The Morgan fingerprint density at radius 2 is 1.71 bits per heavy atom. The third kappa shape index (κ3) is 8.29. The minimum absolute atomic E-state index is 0.0323. The maximum absolute atomic E-state index is 13.3. The number of rotatable bonds is 9. The standard InChI is InChI=1S/C27H37F3N6O4S/c1-19-24(32-18-33-25(19)31-13-8-20-4-6-23(7-5-20)40-27(28,29)30)26(37)36-16-11-22(12-17-36)35-14-9-21(10-15-35)34(2)41(3,38)39/h4-7,18,21-22H,8-17H2,1-3H3,(H,31,32,33). The van der Waals surface area contributed by atoms with Gasteiger partial charge in [0.25, 0.3) is 5.91 Å². The van der Waals surface area contributed by atoms with Crippen LogP contribution in [-0.4, -0.2) is 103 Å². The lowest BCUT2D eigenvalue weighted by Gasteiger charge is -2.43. The Morgan fingerprint density at radius 1 is 1.07 bits per heavy atom. The van der Waals surface area contributed by atoms with Gasteiger partial charge in [-0.3, -0.25) is 4.79 Å². The maximum atomic E-state index is 13.3. The average molecular weight is 599 g/mol. The molecule has 0 unspecified atom stereocenters. The van der Waals surface area contributed by atoms with Crippen LogP contribution in [0.1, 0.15) is 47.3 Å². The quantitative estimate of drug-likeness (QED) is 0.469. The molecule has 2 fully saturated rings. The number of carbonyl (C=O) groups is 1. The molecule has 0 aliphatic carbocycles. The number of likely N-dealkylation sites (tertiary alicyclic amines) is 2. The molecule has 0 spiro atoms. The van der Waals surface area contributed by atoms with Crippen LogP contribution in [0.15, 0.2) is 30.6 Å². The molecule has 2 saturated heterocycles. The molecule has 0 saturated carbocycles. The molecule has 1 N–H and O–H groups in total. The van der Waals surface area contributed by atoms with Crippen molar-refractivity contribution in [3.05, 3.63) is 47.4 Å². The van der Waals surface area contributed by atoms with E-state index in [-0.39, 0.29) is 17.7 Å². The van der Waals surface area contributed by atoms with E-state index in [1.807, 2.05) is 4.90 Å². The highest BCUT2D eigenvalue weighted by molar-refractivity contribution is 7.88. The van der Waals surface area contributed by atoms with Crippen molar-refractivity contribution in [3.8, 4) is 5.75 Å². The van der Waals surface area contributed by atoms with Crippen LogP contribution >= 0.6 is 0 Å². The van der Waals surface area contributed by atoms with Crippen LogP contribution in [0.3, 0.4) is 0 Å². The van der Waals surface area contributed by atoms with Gasteiger partial charge in [0, 0.05) is 44.3 Å². The number of sulfonamides is 1. The second-order valence-electron chi connectivity index (χ2n) is 10.6. The summed E-state index contributed by atoms with van der Waals surface area (Å²) in [6.45, 7) is 5.18. The molecule has 3 heterocycles. The summed E-state index contributed by atoms with van der Waals surface area (Å²) in [6.07, 6.45) is 1.71. The Bertz CT molecular complexity index is 1290. The molecule has 14 heteroatoms. The molecule has 2 aliphatic rings. The van der Waals surface area contributed by atoms with E-state index in [2.05, 4.69) is 24.9 Å². The van der Waals surface area contributed by atoms with Crippen LogP contribution in [-0.2, 0) is 16.4 Å². The Morgan fingerprint density at radius 3 is 2.29 bits per heavy atom. The zero-order chi connectivity index (χ0) is 29.8. The smallest absolute Gasteiger partial charge is 0.406 e. The Kier molecular flexibility index (Phi) is 9.75. The van der Waals surface area contributed by atoms with E-state index in [4.69, 9.17) is 0 Å². The summed E-state index contributed by atoms with van der Waals surface area (Å²) in [4.78, 5) is 26.1. The minimum atomic E-state index is -4.73. The highest BCUT2D eigenvalue weighted by Crippen LogP contribution is 2.26. The molecule has 4 rings (SSSR count). The van der Waals surface area contributed by atoms with Gasteiger partial charge >= 0.3 is 6.36 Å². The third-order valence-corrected chi connectivity index (χ3v) is 9.30. The number of carbonyl (C=O) groups excluding carboxylic acids is 1. The molecule has 41 heavy (non-hydrogen) atoms. The van der Waals surface area contributed by atoms with Crippen LogP contribution in [0.25, 0.3) is 0 Å². The number of hydrogen-bond acceptors (Lipinski definition) is 8. The summed E-state index contributed by atoms with van der Waals surface area (Å²) < 4.78 is 66.1. The zero-order valence-corrected chi connectivity index (χ0v) is 24.3. The number of alkyl halides is 3. The van der Waals surface area contributed by atoms with Gasteiger partial charge in [-0.05, 0) is 69.8 Å². The Labute approximate surface area is 238 Å². The molecule has 10 nitrogen and oxygen atoms in total. The maximum Gasteiger partial charge on any atom is 0.573 e. The molecule has 226 valence electrons. The third-order valence-electron chi connectivity index (χ3n) is 7.95. The first-order valence-electron chi connectivity index (χ1n) is 13.7. The molecule has 2 aliphatic heterocycles. The van der Waals surface area contributed by atoms with Gasteiger partial charge in [0.05, 0.1) is 6.26 Å². The van der Waals surface area contributed by atoms with Gasteiger partial charge in [0.2, 0.25) is 10.0 Å². The first-order valence-corrected chi connectivity index (χ1v) is 15.5. The first kappa shape index (κ1) is 31.0. The number of aromatic nitrogens is 2. The van der Waals surface area contributed by atoms with Crippen molar-refractivity contribution >= 4 is 21.7 Å². The molecular formula is C27H37F3N6O4S. The lowest BCUT2D eigenvalue weighted by atomic mass is 9.97. The number of ether oxygens (including phenoxy) is 1. The predicted molar refractivity (Wildman–Crippen MR) is 148 cm³/mol. The molecule has 1 amide bonds. The van der Waals surface area contributed by atoms with Crippen molar-refractivity contribution in [1.82, 2.24) is 24.1 Å². The molecule has 0 atom stereocenters. The summed E-state index contributed by atoms with van der Waals surface area (Å²) in [5, 5.41) is 3.20. The number of halogens is 3. The van der Waals surface area contributed by atoms with Crippen molar-refractivity contribution in [2.24, 2.45) is 0 Å². The van der Waals surface area contributed by atoms with Crippen molar-refractivity contribution in [3.63, 3.8) is 0 Å². The fourth-order valence-electron chi connectivity index (χ4n) is 5.50. The van der Waals surface area contributed by atoms with E-state index in [9.17, 15) is 26.4 Å². The highest BCUT2D eigenvalue weighted by Gasteiger charge is 2.33. The van der Waals surface area contributed by atoms with Crippen LogP contribution < -0.4 is 10.1 Å². The largest absolute Gasteiger partial charge is 0.573 e. The second-order valence-corrected chi connectivity index (χ2v) is 12.7. The number of nitrogens with one attached hydrogen (secondary N) is 1. The van der Waals surface area contributed by atoms with E-state index < -0.39 is 16.4 Å². The highest BCUT2D eigenvalue weighted by atomic mass is 32.2. The van der Waals surface area contributed by atoms with E-state index in [0.29, 0.717) is 49.2 Å². The molecular weight excluding hydrogens is 561 g/mol. The molecule has 0 bridgehead atoms. The van der Waals surface area contributed by atoms with E-state index in [1.165, 1.54) is 29.0 Å². The Hall–Kier alpha value is -2.97. The molecule has 0 radical (unpaired) electrons. The number of nitrogens with zero attached hydrogens (tertiary/aromatic N) is 5. The van der Waals surface area contributed by atoms with Crippen molar-refractivity contribution < 1.29 is 31.1 Å². The van der Waals surface area contributed by atoms with Crippen molar-refractivity contribution in [2.45, 2.75) is 57.5 Å². The number of amides is 1.